The summed E-state index contributed by atoms with van der Waals surface area (Å²) in [5, 5.41) is 6.18. The highest BCUT2D eigenvalue weighted by Crippen LogP contribution is 1.93. The van der Waals surface area contributed by atoms with Crippen LogP contribution in [0.1, 0.15) is 10.5 Å². The molecular formula is C12H18Cl2N4O-2. The number of hydrogen-bond acceptors (Lipinski definition) is 4. The standard InChI is InChI=1S/C12H18N4O.2ClH/c17-12(11-3-1-2-4-14-11)15-7-10-16-8-5-13-6-9-16;;/h1-4,13H,5-10H2,(H,15,17);2*1H/p-2. The van der Waals surface area contributed by atoms with Gasteiger partial charge in [-0.2, -0.15) is 0 Å². The lowest BCUT2D eigenvalue weighted by atomic mass is 10.3. The Hall–Kier alpha value is -0.880. The first-order valence-corrected chi connectivity index (χ1v) is 5.98. The van der Waals surface area contributed by atoms with Crippen molar-refractivity contribution in [2.75, 3.05) is 39.3 Å². The van der Waals surface area contributed by atoms with E-state index in [1.165, 1.54) is 0 Å². The second-order valence-corrected chi connectivity index (χ2v) is 4.06. The van der Waals surface area contributed by atoms with Crippen LogP contribution in [0, 0.1) is 0 Å². The van der Waals surface area contributed by atoms with Gasteiger partial charge in [-0.15, -0.1) is 0 Å². The zero-order valence-corrected chi connectivity index (χ0v) is 12.1. The summed E-state index contributed by atoms with van der Waals surface area (Å²) >= 11 is 0. The second-order valence-electron chi connectivity index (χ2n) is 4.06. The van der Waals surface area contributed by atoms with Crippen LogP contribution in [0.4, 0.5) is 0 Å². The molecular weight excluding hydrogens is 287 g/mol. The quantitative estimate of drug-likeness (QED) is 0.581. The van der Waals surface area contributed by atoms with Gasteiger partial charge in [0.2, 0.25) is 0 Å². The van der Waals surface area contributed by atoms with E-state index >= 15 is 0 Å². The number of aromatic nitrogens is 1. The highest BCUT2D eigenvalue weighted by molar-refractivity contribution is 5.92. The molecule has 2 N–H and O–H groups in total. The van der Waals surface area contributed by atoms with Gasteiger partial charge in [-0.3, -0.25) is 14.7 Å². The van der Waals surface area contributed by atoms with Crippen molar-refractivity contribution in [3.05, 3.63) is 30.1 Å². The Morgan fingerprint density at radius 1 is 1.32 bits per heavy atom. The van der Waals surface area contributed by atoms with Gasteiger partial charge in [-0.1, -0.05) is 6.07 Å². The number of piperazine rings is 1. The maximum absolute atomic E-state index is 11.7. The Labute approximate surface area is 126 Å². The van der Waals surface area contributed by atoms with Gasteiger partial charge in [-0.05, 0) is 12.1 Å². The third-order valence-corrected chi connectivity index (χ3v) is 2.82. The lowest BCUT2D eigenvalue weighted by molar-refractivity contribution is -0.00100. The summed E-state index contributed by atoms with van der Waals surface area (Å²) in [6.45, 7) is 5.76. The normalized spacial score (nSPS) is 14.9. The summed E-state index contributed by atoms with van der Waals surface area (Å²) < 4.78 is 0. The van der Waals surface area contributed by atoms with Gasteiger partial charge in [0.25, 0.3) is 5.91 Å². The number of carbonyl (C=O) groups excluding carboxylic acids is 1. The average molecular weight is 305 g/mol. The van der Waals surface area contributed by atoms with Crippen LogP contribution in [-0.4, -0.2) is 55.1 Å². The molecule has 1 aromatic rings. The third kappa shape index (κ3) is 6.20. The predicted octanol–water partition coefficient (Wildman–Crippen LogP) is -6.28. The molecule has 1 saturated heterocycles. The fraction of sp³-hybridized carbons (Fsp3) is 0.500. The number of nitrogens with zero attached hydrogens (tertiary/aromatic N) is 2. The predicted molar refractivity (Wildman–Crippen MR) is 65.9 cm³/mol. The molecule has 1 aliphatic heterocycles. The molecule has 0 spiro atoms. The van der Waals surface area contributed by atoms with E-state index in [4.69, 9.17) is 0 Å². The molecule has 0 atom stereocenters. The lowest BCUT2D eigenvalue weighted by Crippen LogP contribution is -3.00. The topological polar surface area (TPSA) is 57.3 Å². The van der Waals surface area contributed by atoms with E-state index in [0.717, 1.165) is 32.7 Å². The van der Waals surface area contributed by atoms with Gasteiger partial charge in [0, 0.05) is 45.5 Å². The third-order valence-electron chi connectivity index (χ3n) is 2.82. The van der Waals surface area contributed by atoms with Gasteiger partial charge in [0.15, 0.2) is 0 Å². The summed E-state index contributed by atoms with van der Waals surface area (Å²) in [5.41, 5.74) is 0.479. The van der Waals surface area contributed by atoms with Crippen LogP contribution < -0.4 is 35.4 Å². The Kier molecular flexibility index (Phi) is 9.51. The van der Waals surface area contributed by atoms with Crippen molar-refractivity contribution in [3.8, 4) is 0 Å². The summed E-state index contributed by atoms with van der Waals surface area (Å²) in [5.74, 6) is -0.0965. The van der Waals surface area contributed by atoms with E-state index in [2.05, 4.69) is 20.5 Å². The molecule has 0 aliphatic carbocycles. The number of halogens is 2. The molecule has 19 heavy (non-hydrogen) atoms. The van der Waals surface area contributed by atoms with Crippen LogP contribution in [0.5, 0.6) is 0 Å². The second kappa shape index (κ2) is 9.97. The van der Waals surface area contributed by atoms with Gasteiger partial charge < -0.3 is 35.4 Å². The van der Waals surface area contributed by atoms with Gasteiger partial charge >= 0.3 is 0 Å². The largest absolute Gasteiger partial charge is 1.00 e. The Bertz CT molecular complexity index is 358. The fourth-order valence-corrected chi connectivity index (χ4v) is 1.85. The Morgan fingerprint density at radius 2 is 2.05 bits per heavy atom. The number of pyridine rings is 1. The van der Waals surface area contributed by atoms with E-state index in [-0.39, 0.29) is 30.7 Å². The molecule has 0 radical (unpaired) electrons. The maximum Gasteiger partial charge on any atom is 0.269 e. The van der Waals surface area contributed by atoms with Crippen LogP contribution in [0.2, 0.25) is 0 Å². The lowest BCUT2D eigenvalue weighted by Gasteiger charge is -2.27. The first-order valence-electron chi connectivity index (χ1n) is 5.98. The van der Waals surface area contributed by atoms with Crippen molar-refractivity contribution >= 4 is 5.91 Å². The minimum Gasteiger partial charge on any atom is -1.00 e. The van der Waals surface area contributed by atoms with Crippen molar-refractivity contribution in [1.29, 1.82) is 0 Å². The molecule has 0 bridgehead atoms. The smallest absolute Gasteiger partial charge is 0.269 e. The zero-order chi connectivity index (χ0) is 11.9. The van der Waals surface area contributed by atoms with Crippen LogP contribution in [0.3, 0.4) is 0 Å². The molecule has 0 saturated carbocycles. The van der Waals surface area contributed by atoms with Crippen LogP contribution >= 0.6 is 0 Å². The number of carbonyl (C=O) groups is 1. The van der Waals surface area contributed by atoms with Crippen molar-refractivity contribution in [2.24, 2.45) is 0 Å². The fourth-order valence-electron chi connectivity index (χ4n) is 1.85. The maximum atomic E-state index is 11.7. The molecule has 7 heteroatoms. The van der Waals surface area contributed by atoms with Crippen molar-refractivity contribution < 1.29 is 29.6 Å². The minimum absolute atomic E-state index is 0. The highest BCUT2D eigenvalue weighted by atomic mass is 35.5. The summed E-state index contributed by atoms with van der Waals surface area (Å²) in [6.07, 6.45) is 1.63. The van der Waals surface area contributed by atoms with E-state index in [1.807, 2.05) is 6.07 Å². The number of nitrogens with one attached hydrogen (secondary N) is 2. The summed E-state index contributed by atoms with van der Waals surface area (Å²) in [4.78, 5) is 18.0. The number of hydrogen-bond donors (Lipinski definition) is 2. The molecule has 0 unspecified atom stereocenters. The minimum atomic E-state index is -0.0965. The zero-order valence-electron chi connectivity index (χ0n) is 10.6. The van der Waals surface area contributed by atoms with E-state index in [1.54, 1.807) is 18.3 Å². The van der Waals surface area contributed by atoms with Gasteiger partial charge in [0.1, 0.15) is 5.69 Å². The average Bonchev–Trinajstić information content (AvgIpc) is 2.41. The molecule has 108 valence electrons. The monoisotopic (exact) mass is 304 g/mol. The number of amides is 1. The molecule has 1 aromatic heterocycles. The van der Waals surface area contributed by atoms with Crippen LogP contribution in [0.25, 0.3) is 0 Å². The van der Waals surface area contributed by atoms with E-state index in [9.17, 15) is 4.79 Å². The Balaban J connectivity index is 0.00000162. The highest BCUT2D eigenvalue weighted by Gasteiger charge is 2.10. The van der Waals surface area contributed by atoms with Crippen LogP contribution in [-0.2, 0) is 0 Å². The Morgan fingerprint density at radius 3 is 2.68 bits per heavy atom. The molecule has 5 nitrogen and oxygen atoms in total. The van der Waals surface area contributed by atoms with E-state index in [0.29, 0.717) is 12.2 Å². The molecule has 1 aliphatic rings. The molecule has 2 heterocycles. The van der Waals surface area contributed by atoms with Gasteiger partial charge in [0.05, 0.1) is 0 Å². The van der Waals surface area contributed by atoms with Crippen molar-refractivity contribution in [3.63, 3.8) is 0 Å². The molecule has 1 fully saturated rings. The first kappa shape index (κ1) is 18.1. The molecule has 2 rings (SSSR count). The molecule has 1 amide bonds. The molecule has 0 aromatic carbocycles. The van der Waals surface area contributed by atoms with E-state index < -0.39 is 0 Å². The summed E-state index contributed by atoms with van der Waals surface area (Å²) in [7, 11) is 0. The van der Waals surface area contributed by atoms with Gasteiger partial charge in [-0.25, -0.2) is 0 Å². The van der Waals surface area contributed by atoms with Crippen LogP contribution in [0.15, 0.2) is 24.4 Å². The van der Waals surface area contributed by atoms with Crippen molar-refractivity contribution in [1.82, 2.24) is 20.5 Å². The SMILES string of the molecule is O=C(NCCN1CCNCC1)c1ccccn1.[Cl-].[Cl-]. The first-order chi connectivity index (χ1) is 8.36. The van der Waals surface area contributed by atoms with Crippen molar-refractivity contribution in [2.45, 2.75) is 0 Å². The number of rotatable bonds is 4. The summed E-state index contributed by atoms with van der Waals surface area (Å²) in [6, 6.07) is 5.34.